The molecule has 2 aromatic rings. The average Bonchev–Trinajstić information content (AvgIpc) is 2.88. The predicted octanol–water partition coefficient (Wildman–Crippen LogP) is 3.65. The number of H-pyrrole nitrogens is 1. The first-order chi connectivity index (χ1) is 11.0. The zero-order chi connectivity index (χ0) is 16.6. The normalized spacial score (nSPS) is 13.8. The van der Waals surface area contributed by atoms with Gasteiger partial charge in [-0.05, 0) is 56.5 Å². The lowest BCUT2D eigenvalue weighted by molar-refractivity contribution is 0.0970. The van der Waals surface area contributed by atoms with Crippen LogP contribution in [0.25, 0.3) is 0 Å². The summed E-state index contributed by atoms with van der Waals surface area (Å²) in [7, 11) is 0. The van der Waals surface area contributed by atoms with Crippen molar-refractivity contribution in [3.05, 3.63) is 52.6 Å². The van der Waals surface area contributed by atoms with Crippen LogP contribution < -0.4 is 4.90 Å². The Morgan fingerprint density at radius 1 is 1.26 bits per heavy atom. The van der Waals surface area contributed by atoms with Crippen molar-refractivity contribution in [2.45, 2.75) is 33.1 Å². The molecule has 1 heterocycles. The highest BCUT2D eigenvalue weighted by Gasteiger charge is 2.28. The molecule has 0 spiro atoms. The van der Waals surface area contributed by atoms with E-state index in [9.17, 15) is 14.0 Å². The summed E-state index contributed by atoms with van der Waals surface area (Å²) in [5.41, 5.74) is 3.34. The van der Waals surface area contributed by atoms with Crippen molar-refractivity contribution in [1.29, 1.82) is 0 Å². The molecule has 23 heavy (non-hydrogen) atoms. The number of anilines is 1. The number of nitrogens with one attached hydrogen (secondary N) is 1. The van der Waals surface area contributed by atoms with Crippen LogP contribution in [0.1, 0.15) is 51.9 Å². The predicted molar refractivity (Wildman–Crippen MR) is 86.5 cm³/mol. The minimum Gasteiger partial charge on any atom is -0.354 e. The summed E-state index contributed by atoms with van der Waals surface area (Å²) in [5.74, 6) is -0.433. The van der Waals surface area contributed by atoms with Crippen molar-refractivity contribution >= 4 is 17.4 Å². The van der Waals surface area contributed by atoms with E-state index in [1.807, 2.05) is 13.8 Å². The Balaban J connectivity index is 1.99. The van der Waals surface area contributed by atoms with Crippen LogP contribution in [-0.2, 0) is 6.42 Å². The lowest BCUT2D eigenvalue weighted by Crippen LogP contribution is -2.31. The molecule has 0 bridgehead atoms. The molecular formula is C18H19FN2O2. The second-order valence-corrected chi connectivity index (χ2v) is 5.78. The van der Waals surface area contributed by atoms with Gasteiger partial charge in [-0.25, -0.2) is 4.39 Å². The van der Waals surface area contributed by atoms with Crippen molar-refractivity contribution in [1.82, 2.24) is 4.98 Å². The second-order valence-electron chi connectivity index (χ2n) is 5.78. The van der Waals surface area contributed by atoms with E-state index in [0.717, 1.165) is 24.1 Å². The molecule has 4 nitrogen and oxygen atoms in total. The van der Waals surface area contributed by atoms with Gasteiger partial charge in [0.2, 0.25) is 0 Å². The molecule has 120 valence electrons. The van der Waals surface area contributed by atoms with Gasteiger partial charge in [0.25, 0.3) is 5.91 Å². The number of amides is 1. The number of hydrogen-bond donors (Lipinski definition) is 1. The third-order valence-electron chi connectivity index (χ3n) is 4.35. The summed E-state index contributed by atoms with van der Waals surface area (Å²) in [6.07, 6.45) is 2.14. The number of aromatic nitrogens is 1. The molecule has 1 N–H and O–H groups in total. The molecule has 0 fully saturated rings. The number of carbonyl (C=O) groups is 2. The Kier molecular flexibility index (Phi) is 4.03. The molecule has 0 aliphatic heterocycles. The van der Waals surface area contributed by atoms with Gasteiger partial charge in [-0.15, -0.1) is 0 Å². The van der Waals surface area contributed by atoms with Crippen molar-refractivity contribution < 1.29 is 14.0 Å². The highest BCUT2D eigenvalue weighted by atomic mass is 19.1. The van der Waals surface area contributed by atoms with Crippen molar-refractivity contribution in [3.8, 4) is 0 Å². The van der Waals surface area contributed by atoms with Gasteiger partial charge in [-0.3, -0.25) is 9.59 Å². The van der Waals surface area contributed by atoms with E-state index in [4.69, 9.17) is 0 Å². The summed E-state index contributed by atoms with van der Waals surface area (Å²) in [6, 6.07) is 5.84. The Morgan fingerprint density at radius 2 is 1.96 bits per heavy atom. The number of nitrogens with zero attached hydrogens (tertiary/aromatic N) is 1. The van der Waals surface area contributed by atoms with Gasteiger partial charge in [0, 0.05) is 29.9 Å². The zero-order valence-electron chi connectivity index (χ0n) is 13.3. The molecule has 1 aliphatic carbocycles. The zero-order valence-corrected chi connectivity index (χ0v) is 13.3. The van der Waals surface area contributed by atoms with Crippen molar-refractivity contribution in [3.63, 3.8) is 0 Å². The van der Waals surface area contributed by atoms with Crippen molar-refractivity contribution in [2.75, 3.05) is 11.4 Å². The van der Waals surface area contributed by atoms with Gasteiger partial charge < -0.3 is 9.88 Å². The highest BCUT2D eigenvalue weighted by Crippen LogP contribution is 2.28. The van der Waals surface area contributed by atoms with Crippen LogP contribution in [0.3, 0.4) is 0 Å². The van der Waals surface area contributed by atoms with Crippen LogP contribution in [-0.4, -0.2) is 23.2 Å². The minimum atomic E-state index is -0.339. The lowest BCUT2D eigenvalue weighted by atomic mass is 9.93. The van der Waals surface area contributed by atoms with Crippen LogP contribution in [0.5, 0.6) is 0 Å². The van der Waals surface area contributed by atoms with Gasteiger partial charge in [0.05, 0.1) is 0 Å². The number of aromatic amines is 1. The van der Waals surface area contributed by atoms with E-state index < -0.39 is 0 Å². The third kappa shape index (κ3) is 2.67. The van der Waals surface area contributed by atoms with E-state index >= 15 is 0 Å². The average molecular weight is 314 g/mol. The number of hydrogen-bond acceptors (Lipinski definition) is 2. The van der Waals surface area contributed by atoms with E-state index in [-0.39, 0.29) is 17.5 Å². The summed E-state index contributed by atoms with van der Waals surface area (Å²) in [4.78, 5) is 29.7. The fourth-order valence-electron chi connectivity index (χ4n) is 3.19. The fourth-order valence-corrected chi connectivity index (χ4v) is 3.19. The SMILES string of the molecule is CCN(C(=O)c1[nH]c2c(c1C)C(=O)CCC2)c1ccc(F)cc1. The first-order valence-corrected chi connectivity index (χ1v) is 7.85. The number of fused-ring (bicyclic) bond motifs is 1. The summed E-state index contributed by atoms with van der Waals surface area (Å²) < 4.78 is 13.1. The first-order valence-electron chi connectivity index (χ1n) is 7.85. The fraction of sp³-hybridized carbons (Fsp3) is 0.333. The molecule has 0 saturated carbocycles. The maximum absolute atomic E-state index is 13.1. The van der Waals surface area contributed by atoms with Gasteiger partial charge in [0.1, 0.15) is 11.5 Å². The summed E-state index contributed by atoms with van der Waals surface area (Å²) in [5, 5.41) is 0. The van der Waals surface area contributed by atoms with E-state index in [0.29, 0.717) is 29.9 Å². The third-order valence-corrected chi connectivity index (χ3v) is 4.35. The van der Waals surface area contributed by atoms with Gasteiger partial charge in [-0.2, -0.15) is 0 Å². The molecular weight excluding hydrogens is 295 g/mol. The largest absolute Gasteiger partial charge is 0.354 e. The van der Waals surface area contributed by atoms with Crippen LogP contribution >= 0.6 is 0 Å². The molecule has 0 radical (unpaired) electrons. The molecule has 1 aromatic heterocycles. The van der Waals surface area contributed by atoms with Crippen LogP contribution in [0, 0.1) is 12.7 Å². The maximum Gasteiger partial charge on any atom is 0.274 e. The second kappa shape index (κ2) is 5.99. The van der Waals surface area contributed by atoms with E-state index in [2.05, 4.69) is 4.98 Å². The van der Waals surface area contributed by atoms with Gasteiger partial charge in [-0.1, -0.05) is 0 Å². The molecule has 1 aromatic carbocycles. The monoisotopic (exact) mass is 314 g/mol. The lowest BCUT2D eigenvalue weighted by Gasteiger charge is -2.21. The van der Waals surface area contributed by atoms with Gasteiger partial charge in [0.15, 0.2) is 5.78 Å². The molecule has 0 atom stereocenters. The van der Waals surface area contributed by atoms with E-state index in [1.54, 1.807) is 17.0 Å². The Hall–Kier alpha value is -2.43. The number of aryl methyl sites for hydroxylation is 1. The number of carbonyl (C=O) groups excluding carboxylic acids is 2. The standard InChI is InChI=1S/C18H19FN2O2/c1-3-21(13-9-7-12(19)8-10-13)18(23)17-11(2)16-14(20-17)5-4-6-15(16)22/h7-10,20H,3-6H2,1-2H3. The smallest absolute Gasteiger partial charge is 0.274 e. The Bertz CT molecular complexity index is 762. The Morgan fingerprint density at radius 3 is 2.57 bits per heavy atom. The van der Waals surface area contributed by atoms with E-state index in [1.165, 1.54) is 12.1 Å². The first kappa shape index (κ1) is 15.5. The number of halogens is 1. The molecule has 1 amide bonds. The maximum atomic E-state index is 13.1. The number of ketones is 1. The topological polar surface area (TPSA) is 53.2 Å². The van der Waals surface area contributed by atoms with Gasteiger partial charge >= 0.3 is 0 Å². The van der Waals surface area contributed by atoms with Crippen LogP contribution in [0.15, 0.2) is 24.3 Å². The van der Waals surface area contributed by atoms with Crippen molar-refractivity contribution in [2.24, 2.45) is 0 Å². The highest BCUT2D eigenvalue weighted by molar-refractivity contribution is 6.09. The molecule has 0 unspecified atom stereocenters. The summed E-state index contributed by atoms with van der Waals surface area (Å²) in [6.45, 7) is 4.14. The molecule has 0 saturated heterocycles. The number of Topliss-reactive ketones (excluding diaryl/α,β-unsaturated/α-hetero) is 1. The minimum absolute atomic E-state index is 0.101. The molecule has 5 heteroatoms. The Labute approximate surface area is 134 Å². The molecule has 3 rings (SSSR count). The summed E-state index contributed by atoms with van der Waals surface area (Å²) >= 11 is 0. The quantitative estimate of drug-likeness (QED) is 0.940. The number of benzene rings is 1. The molecule has 1 aliphatic rings. The van der Waals surface area contributed by atoms with Crippen LogP contribution in [0.4, 0.5) is 10.1 Å². The number of rotatable bonds is 3. The van der Waals surface area contributed by atoms with Crippen LogP contribution in [0.2, 0.25) is 0 Å².